The molecule has 0 aromatic heterocycles. The summed E-state index contributed by atoms with van der Waals surface area (Å²) in [5.41, 5.74) is 2.25. The molecule has 0 aliphatic heterocycles. The summed E-state index contributed by atoms with van der Waals surface area (Å²) in [5.74, 6) is 1.72. The van der Waals surface area contributed by atoms with Crippen molar-refractivity contribution in [2.75, 3.05) is 16.8 Å². The summed E-state index contributed by atoms with van der Waals surface area (Å²) in [6, 6.07) is 8.21. The van der Waals surface area contributed by atoms with Crippen LogP contribution in [0.3, 0.4) is 0 Å². The molecule has 0 atom stereocenters. The van der Waals surface area contributed by atoms with Crippen molar-refractivity contribution in [2.24, 2.45) is 0 Å². The maximum absolute atomic E-state index is 11.7. The van der Waals surface area contributed by atoms with Crippen molar-refractivity contribution in [3.05, 3.63) is 29.8 Å². The van der Waals surface area contributed by atoms with Gasteiger partial charge in [-0.2, -0.15) is 11.8 Å². The SMILES string of the molecule is CCCCSCC(=O)Nc1ccc(CCCC)cc1. The van der Waals surface area contributed by atoms with E-state index in [1.165, 1.54) is 31.2 Å². The molecule has 0 unspecified atom stereocenters. The molecule has 0 fully saturated rings. The molecule has 2 nitrogen and oxygen atoms in total. The van der Waals surface area contributed by atoms with Gasteiger partial charge < -0.3 is 5.32 Å². The molecule has 0 saturated heterocycles. The molecule has 1 aromatic rings. The smallest absolute Gasteiger partial charge is 0.234 e. The normalized spacial score (nSPS) is 10.4. The number of unbranched alkanes of at least 4 members (excludes halogenated alkanes) is 2. The highest BCUT2D eigenvalue weighted by molar-refractivity contribution is 7.99. The van der Waals surface area contributed by atoms with Crippen molar-refractivity contribution in [1.82, 2.24) is 0 Å². The predicted molar refractivity (Wildman–Crippen MR) is 85.9 cm³/mol. The number of anilines is 1. The van der Waals surface area contributed by atoms with Crippen LogP contribution >= 0.6 is 11.8 Å². The van der Waals surface area contributed by atoms with Crippen LogP contribution in [-0.2, 0) is 11.2 Å². The second-order valence-electron chi connectivity index (χ2n) is 4.75. The van der Waals surface area contributed by atoms with Gasteiger partial charge in [0.05, 0.1) is 5.75 Å². The molecule has 0 radical (unpaired) electrons. The minimum Gasteiger partial charge on any atom is -0.325 e. The van der Waals surface area contributed by atoms with E-state index in [1.807, 2.05) is 12.1 Å². The minimum absolute atomic E-state index is 0.0995. The minimum atomic E-state index is 0.0995. The molecule has 1 rings (SSSR count). The number of nitrogens with one attached hydrogen (secondary N) is 1. The predicted octanol–water partition coefficient (Wildman–Crippen LogP) is 4.50. The number of carbonyl (C=O) groups is 1. The zero-order valence-corrected chi connectivity index (χ0v) is 12.9. The van der Waals surface area contributed by atoms with E-state index in [4.69, 9.17) is 0 Å². The average molecular weight is 279 g/mol. The lowest BCUT2D eigenvalue weighted by Gasteiger charge is -2.06. The molecule has 19 heavy (non-hydrogen) atoms. The van der Waals surface area contributed by atoms with Gasteiger partial charge in [-0.3, -0.25) is 4.79 Å². The lowest BCUT2D eigenvalue weighted by atomic mass is 10.1. The Morgan fingerprint density at radius 3 is 2.42 bits per heavy atom. The van der Waals surface area contributed by atoms with Gasteiger partial charge in [0.1, 0.15) is 0 Å². The van der Waals surface area contributed by atoms with E-state index in [-0.39, 0.29) is 5.91 Å². The van der Waals surface area contributed by atoms with Crippen molar-refractivity contribution < 1.29 is 4.79 Å². The van der Waals surface area contributed by atoms with Gasteiger partial charge in [-0.25, -0.2) is 0 Å². The molecule has 0 aliphatic rings. The molecular weight excluding hydrogens is 254 g/mol. The van der Waals surface area contributed by atoms with Crippen molar-refractivity contribution >= 4 is 23.4 Å². The molecule has 0 spiro atoms. The summed E-state index contributed by atoms with van der Waals surface area (Å²) in [4.78, 5) is 11.7. The van der Waals surface area contributed by atoms with Crippen LogP contribution < -0.4 is 5.32 Å². The van der Waals surface area contributed by atoms with E-state index in [0.29, 0.717) is 5.75 Å². The zero-order chi connectivity index (χ0) is 13.9. The Kier molecular flexibility index (Phi) is 8.39. The first-order valence-electron chi connectivity index (χ1n) is 7.22. The number of hydrogen-bond donors (Lipinski definition) is 1. The lowest BCUT2D eigenvalue weighted by molar-refractivity contribution is -0.113. The van der Waals surface area contributed by atoms with Crippen LogP contribution in [0.5, 0.6) is 0 Å². The number of benzene rings is 1. The van der Waals surface area contributed by atoms with Crippen LogP contribution in [0.25, 0.3) is 0 Å². The summed E-state index contributed by atoms with van der Waals surface area (Å²) in [6.07, 6.45) is 5.93. The first-order valence-corrected chi connectivity index (χ1v) is 8.38. The maximum Gasteiger partial charge on any atom is 0.234 e. The summed E-state index contributed by atoms with van der Waals surface area (Å²) < 4.78 is 0. The van der Waals surface area contributed by atoms with E-state index < -0.39 is 0 Å². The van der Waals surface area contributed by atoms with Crippen LogP contribution in [0, 0.1) is 0 Å². The van der Waals surface area contributed by atoms with Gasteiger partial charge in [-0.15, -0.1) is 0 Å². The van der Waals surface area contributed by atoms with Crippen LogP contribution in [0.2, 0.25) is 0 Å². The van der Waals surface area contributed by atoms with Crippen molar-refractivity contribution in [3.63, 3.8) is 0 Å². The Balaban J connectivity index is 2.29. The number of thioether (sulfide) groups is 1. The molecule has 106 valence electrons. The largest absolute Gasteiger partial charge is 0.325 e. The Morgan fingerprint density at radius 1 is 1.11 bits per heavy atom. The van der Waals surface area contributed by atoms with Crippen LogP contribution in [0.1, 0.15) is 45.1 Å². The number of amides is 1. The fourth-order valence-electron chi connectivity index (χ4n) is 1.74. The highest BCUT2D eigenvalue weighted by atomic mass is 32.2. The first-order chi connectivity index (χ1) is 9.26. The summed E-state index contributed by atoms with van der Waals surface area (Å²) >= 11 is 1.71. The molecule has 0 bridgehead atoms. The van der Waals surface area contributed by atoms with Crippen LogP contribution in [0.15, 0.2) is 24.3 Å². The highest BCUT2D eigenvalue weighted by Gasteiger charge is 2.02. The molecule has 0 saturated carbocycles. The van der Waals surface area contributed by atoms with Gasteiger partial charge in [0.2, 0.25) is 5.91 Å². The third-order valence-electron chi connectivity index (χ3n) is 2.93. The fraction of sp³-hybridized carbons (Fsp3) is 0.562. The first kappa shape index (κ1) is 16.1. The lowest BCUT2D eigenvalue weighted by Crippen LogP contribution is -2.14. The molecule has 0 heterocycles. The fourth-order valence-corrected chi connectivity index (χ4v) is 2.64. The Morgan fingerprint density at radius 2 is 1.79 bits per heavy atom. The van der Waals surface area contributed by atoms with E-state index in [9.17, 15) is 4.79 Å². The summed E-state index contributed by atoms with van der Waals surface area (Å²) in [7, 11) is 0. The third kappa shape index (κ3) is 7.26. The summed E-state index contributed by atoms with van der Waals surface area (Å²) in [6.45, 7) is 4.37. The molecule has 1 N–H and O–H groups in total. The van der Waals surface area contributed by atoms with Crippen LogP contribution in [-0.4, -0.2) is 17.4 Å². The topological polar surface area (TPSA) is 29.1 Å². The third-order valence-corrected chi connectivity index (χ3v) is 3.98. The average Bonchev–Trinajstić information content (AvgIpc) is 2.43. The number of carbonyl (C=O) groups excluding carboxylic acids is 1. The van der Waals surface area contributed by atoms with Crippen LogP contribution in [0.4, 0.5) is 5.69 Å². The van der Waals surface area contributed by atoms with Gasteiger partial charge in [0.25, 0.3) is 0 Å². The van der Waals surface area contributed by atoms with Crippen molar-refractivity contribution in [1.29, 1.82) is 0 Å². The second-order valence-corrected chi connectivity index (χ2v) is 5.86. The summed E-state index contributed by atoms with van der Waals surface area (Å²) in [5, 5.41) is 2.94. The molecular formula is C16H25NOS. The van der Waals surface area contributed by atoms with Crippen molar-refractivity contribution in [3.8, 4) is 0 Å². The molecule has 1 aromatic carbocycles. The van der Waals surface area contributed by atoms with E-state index in [1.54, 1.807) is 11.8 Å². The maximum atomic E-state index is 11.7. The Labute approximate surface area is 121 Å². The second kappa shape index (κ2) is 9.90. The Bertz CT molecular complexity index is 362. The monoisotopic (exact) mass is 279 g/mol. The molecule has 0 aliphatic carbocycles. The van der Waals surface area contributed by atoms with E-state index in [2.05, 4.69) is 31.3 Å². The van der Waals surface area contributed by atoms with Gasteiger partial charge >= 0.3 is 0 Å². The number of rotatable bonds is 9. The van der Waals surface area contributed by atoms with Gasteiger partial charge in [-0.1, -0.05) is 38.8 Å². The molecule has 1 amide bonds. The van der Waals surface area contributed by atoms with Gasteiger partial charge in [0, 0.05) is 5.69 Å². The van der Waals surface area contributed by atoms with Gasteiger partial charge in [-0.05, 0) is 42.7 Å². The van der Waals surface area contributed by atoms with Gasteiger partial charge in [0.15, 0.2) is 0 Å². The van der Waals surface area contributed by atoms with E-state index >= 15 is 0 Å². The number of hydrogen-bond acceptors (Lipinski definition) is 2. The standard InChI is InChI=1S/C16H25NOS/c1-3-5-7-14-8-10-15(11-9-14)17-16(18)13-19-12-6-4-2/h8-11H,3-7,12-13H2,1-2H3,(H,17,18). The molecule has 3 heteroatoms. The van der Waals surface area contributed by atoms with E-state index in [0.717, 1.165) is 17.9 Å². The quantitative estimate of drug-likeness (QED) is 0.674. The number of aryl methyl sites for hydroxylation is 1. The Hall–Kier alpha value is -0.960. The zero-order valence-electron chi connectivity index (χ0n) is 12.1. The van der Waals surface area contributed by atoms with Crippen molar-refractivity contribution in [2.45, 2.75) is 46.0 Å². The highest BCUT2D eigenvalue weighted by Crippen LogP contribution is 2.12.